The Morgan fingerprint density at radius 1 is 1.32 bits per heavy atom. The highest BCUT2D eigenvalue weighted by molar-refractivity contribution is 5.29. The highest BCUT2D eigenvalue weighted by atomic mass is 19.3. The number of rotatable bonds is 6. The van der Waals surface area contributed by atoms with Gasteiger partial charge in [0.2, 0.25) is 0 Å². The molecule has 1 aromatic rings. The van der Waals surface area contributed by atoms with Gasteiger partial charge in [0.1, 0.15) is 0 Å². The minimum atomic E-state index is -3.02. The summed E-state index contributed by atoms with van der Waals surface area (Å²) in [4.78, 5) is 4.58. The van der Waals surface area contributed by atoms with Gasteiger partial charge in [0.15, 0.2) is 11.6 Å². The third-order valence-electron chi connectivity index (χ3n) is 3.90. The van der Waals surface area contributed by atoms with Gasteiger partial charge in [-0.2, -0.15) is 8.78 Å². The average molecular weight is 317 g/mol. The van der Waals surface area contributed by atoms with Crippen molar-refractivity contribution in [3.63, 3.8) is 0 Å². The van der Waals surface area contributed by atoms with Crippen LogP contribution in [0.4, 0.5) is 13.2 Å². The standard InChI is InChI=1S/C15H22F3N3O/c1-20-5-6-21(2)12(10-20)9-19-8-11-3-4-14(13(16)7-11)22-15(17)18/h3-4,7,12,15,19H,5-6,8-10H2,1-2H3/t12-/m0/s1. The van der Waals surface area contributed by atoms with E-state index in [1.165, 1.54) is 12.1 Å². The maximum absolute atomic E-state index is 13.6. The molecule has 0 aliphatic carbocycles. The first kappa shape index (κ1) is 17.1. The van der Waals surface area contributed by atoms with Crippen LogP contribution in [-0.2, 0) is 6.54 Å². The number of benzene rings is 1. The molecule has 1 aromatic carbocycles. The van der Waals surface area contributed by atoms with E-state index in [1.54, 1.807) is 6.07 Å². The molecule has 1 saturated heterocycles. The van der Waals surface area contributed by atoms with Crippen molar-refractivity contribution in [3.05, 3.63) is 29.6 Å². The SMILES string of the molecule is CN1CCN(C)[C@@H](CNCc2ccc(OC(F)F)c(F)c2)C1. The summed E-state index contributed by atoms with van der Waals surface area (Å²) in [5.74, 6) is -1.19. The second-order valence-electron chi connectivity index (χ2n) is 5.67. The van der Waals surface area contributed by atoms with Crippen LogP contribution in [0.3, 0.4) is 0 Å². The quantitative estimate of drug-likeness (QED) is 0.865. The molecular weight excluding hydrogens is 295 g/mol. The maximum atomic E-state index is 13.6. The van der Waals surface area contributed by atoms with Gasteiger partial charge >= 0.3 is 6.61 Å². The molecule has 0 bridgehead atoms. The van der Waals surface area contributed by atoms with Gasteiger partial charge in [-0.3, -0.25) is 4.90 Å². The van der Waals surface area contributed by atoms with Crippen LogP contribution in [0.25, 0.3) is 0 Å². The Labute approximate surface area is 128 Å². The molecular formula is C15H22F3N3O. The van der Waals surface area contributed by atoms with Crippen LogP contribution in [0.1, 0.15) is 5.56 Å². The molecule has 0 radical (unpaired) electrons. The number of ether oxygens (including phenoxy) is 1. The Morgan fingerprint density at radius 3 is 2.77 bits per heavy atom. The fourth-order valence-electron chi connectivity index (χ4n) is 2.55. The number of hydrogen-bond acceptors (Lipinski definition) is 4. The number of nitrogens with one attached hydrogen (secondary N) is 1. The molecule has 124 valence electrons. The summed E-state index contributed by atoms with van der Waals surface area (Å²) in [6, 6.07) is 4.45. The fourth-order valence-corrected chi connectivity index (χ4v) is 2.55. The summed E-state index contributed by atoms with van der Waals surface area (Å²) in [6.45, 7) is 1.33. The lowest BCUT2D eigenvalue weighted by atomic mass is 10.1. The number of halogens is 3. The normalized spacial score (nSPS) is 20.5. The second-order valence-corrected chi connectivity index (χ2v) is 5.67. The summed E-state index contributed by atoms with van der Waals surface area (Å²) >= 11 is 0. The number of alkyl halides is 2. The predicted molar refractivity (Wildman–Crippen MR) is 78.7 cm³/mol. The molecule has 1 aliphatic heterocycles. The first-order valence-electron chi connectivity index (χ1n) is 7.28. The molecule has 2 rings (SSSR count). The van der Waals surface area contributed by atoms with E-state index in [-0.39, 0.29) is 0 Å². The van der Waals surface area contributed by atoms with Gasteiger partial charge in [0, 0.05) is 38.8 Å². The van der Waals surface area contributed by atoms with Crippen molar-refractivity contribution in [2.24, 2.45) is 0 Å². The molecule has 0 unspecified atom stereocenters. The van der Waals surface area contributed by atoms with Crippen LogP contribution < -0.4 is 10.1 Å². The van der Waals surface area contributed by atoms with Crippen molar-refractivity contribution >= 4 is 0 Å². The van der Waals surface area contributed by atoms with Crippen molar-refractivity contribution in [2.45, 2.75) is 19.2 Å². The zero-order valence-electron chi connectivity index (χ0n) is 12.9. The van der Waals surface area contributed by atoms with Gasteiger partial charge in [-0.15, -0.1) is 0 Å². The van der Waals surface area contributed by atoms with E-state index in [1.807, 2.05) is 0 Å². The van der Waals surface area contributed by atoms with Gasteiger partial charge in [-0.1, -0.05) is 6.07 Å². The molecule has 1 aliphatic rings. The lowest BCUT2D eigenvalue weighted by Crippen LogP contribution is -2.53. The highest BCUT2D eigenvalue weighted by Gasteiger charge is 2.21. The predicted octanol–water partition coefficient (Wildman–Crippen LogP) is 1.76. The van der Waals surface area contributed by atoms with E-state index in [0.29, 0.717) is 18.2 Å². The van der Waals surface area contributed by atoms with E-state index < -0.39 is 18.2 Å². The Kier molecular flexibility index (Phi) is 6.05. The number of hydrogen-bond donors (Lipinski definition) is 1. The first-order valence-corrected chi connectivity index (χ1v) is 7.28. The fraction of sp³-hybridized carbons (Fsp3) is 0.600. The molecule has 1 atom stereocenters. The third kappa shape index (κ3) is 4.86. The minimum absolute atomic E-state index is 0.407. The minimum Gasteiger partial charge on any atom is -0.432 e. The monoisotopic (exact) mass is 317 g/mol. The Bertz CT molecular complexity index is 487. The molecule has 0 aromatic heterocycles. The van der Waals surface area contributed by atoms with Gasteiger partial charge in [-0.25, -0.2) is 4.39 Å². The van der Waals surface area contributed by atoms with Gasteiger partial charge in [0.05, 0.1) is 0 Å². The van der Waals surface area contributed by atoms with E-state index in [4.69, 9.17) is 0 Å². The number of piperazine rings is 1. The van der Waals surface area contributed by atoms with Crippen LogP contribution in [0.2, 0.25) is 0 Å². The van der Waals surface area contributed by atoms with Crippen molar-refractivity contribution in [1.29, 1.82) is 0 Å². The van der Waals surface area contributed by atoms with Crippen molar-refractivity contribution in [2.75, 3.05) is 40.3 Å². The molecule has 7 heteroatoms. The van der Waals surface area contributed by atoms with Crippen molar-refractivity contribution in [3.8, 4) is 5.75 Å². The Hall–Kier alpha value is -1.31. The van der Waals surface area contributed by atoms with Crippen molar-refractivity contribution < 1.29 is 17.9 Å². The van der Waals surface area contributed by atoms with Crippen LogP contribution in [0, 0.1) is 5.82 Å². The zero-order chi connectivity index (χ0) is 16.1. The number of nitrogens with zero attached hydrogens (tertiary/aromatic N) is 2. The van der Waals surface area contributed by atoms with Gasteiger partial charge < -0.3 is 15.0 Å². The Morgan fingerprint density at radius 2 is 2.09 bits per heavy atom. The maximum Gasteiger partial charge on any atom is 0.387 e. The Balaban J connectivity index is 1.83. The van der Waals surface area contributed by atoms with Gasteiger partial charge in [0.25, 0.3) is 0 Å². The molecule has 4 nitrogen and oxygen atoms in total. The smallest absolute Gasteiger partial charge is 0.387 e. The summed E-state index contributed by atoms with van der Waals surface area (Å²) < 4.78 is 41.8. The molecule has 0 spiro atoms. The lowest BCUT2D eigenvalue weighted by Gasteiger charge is -2.37. The summed E-state index contributed by atoms with van der Waals surface area (Å²) in [6.07, 6.45) is 0. The van der Waals surface area contributed by atoms with Crippen LogP contribution in [0.15, 0.2) is 18.2 Å². The number of likely N-dealkylation sites (N-methyl/N-ethyl adjacent to an activating group) is 2. The van der Waals surface area contributed by atoms with Gasteiger partial charge in [-0.05, 0) is 31.8 Å². The summed E-state index contributed by atoms with van der Waals surface area (Å²) in [7, 11) is 4.19. The highest BCUT2D eigenvalue weighted by Crippen LogP contribution is 2.20. The van der Waals surface area contributed by atoms with E-state index in [0.717, 1.165) is 26.2 Å². The van der Waals surface area contributed by atoms with Crippen LogP contribution in [0.5, 0.6) is 5.75 Å². The first-order chi connectivity index (χ1) is 10.5. The lowest BCUT2D eigenvalue weighted by molar-refractivity contribution is -0.0522. The van der Waals surface area contributed by atoms with E-state index >= 15 is 0 Å². The average Bonchev–Trinajstić information content (AvgIpc) is 2.45. The summed E-state index contributed by atoms with van der Waals surface area (Å²) in [5, 5.41) is 3.29. The van der Waals surface area contributed by atoms with E-state index in [9.17, 15) is 13.2 Å². The molecule has 1 fully saturated rings. The zero-order valence-corrected chi connectivity index (χ0v) is 12.9. The van der Waals surface area contributed by atoms with Crippen molar-refractivity contribution in [1.82, 2.24) is 15.1 Å². The van der Waals surface area contributed by atoms with Crippen LogP contribution >= 0.6 is 0 Å². The molecule has 0 amide bonds. The molecule has 0 saturated carbocycles. The summed E-state index contributed by atoms with van der Waals surface area (Å²) in [5.41, 5.74) is 0.700. The molecule has 1 heterocycles. The molecule has 1 N–H and O–H groups in total. The second kappa shape index (κ2) is 7.80. The third-order valence-corrected chi connectivity index (χ3v) is 3.90. The van der Waals surface area contributed by atoms with Crippen LogP contribution in [-0.4, -0.2) is 62.7 Å². The molecule has 22 heavy (non-hydrogen) atoms. The largest absolute Gasteiger partial charge is 0.432 e. The topological polar surface area (TPSA) is 27.7 Å². The van der Waals surface area contributed by atoms with E-state index in [2.05, 4.69) is 33.9 Å².